The first-order valence-electron chi connectivity index (χ1n) is 13.4. The number of para-hydroxylation sites is 1. The maximum atomic E-state index is 14.1. The summed E-state index contributed by atoms with van der Waals surface area (Å²) in [5.74, 6) is -3.04. The van der Waals surface area contributed by atoms with Crippen LogP contribution in [0.2, 0.25) is 0 Å². The van der Waals surface area contributed by atoms with E-state index in [-0.39, 0.29) is 29.8 Å². The third kappa shape index (κ3) is 5.46. The van der Waals surface area contributed by atoms with E-state index in [0.29, 0.717) is 26.8 Å². The van der Waals surface area contributed by atoms with Crippen molar-refractivity contribution in [3.63, 3.8) is 0 Å². The molecule has 0 saturated carbocycles. The summed E-state index contributed by atoms with van der Waals surface area (Å²) in [6.07, 6.45) is 0. The lowest BCUT2D eigenvalue weighted by molar-refractivity contribution is -0.122. The minimum absolute atomic E-state index is 0.227. The maximum Gasteiger partial charge on any atom is 0.338 e. The van der Waals surface area contributed by atoms with Crippen molar-refractivity contribution in [3.8, 4) is 0 Å². The summed E-state index contributed by atoms with van der Waals surface area (Å²) in [4.78, 5) is 67.8. The van der Waals surface area contributed by atoms with E-state index < -0.39 is 29.0 Å². The van der Waals surface area contributed by atoms with Gasteiger partial charge in [0.25, 0.3) is 0 Å². The lowest BCUT2D eigenvalue weighted by atomic mass is 9.83. The Bertz CT molecular complexity index is 1790. The molecular weight excluding hydrogens is 654 g/mol. The molecule has 12 heteroatoms. The fraction of sp³-hybridized carbons (Fsp3) is 0.194. The lowest BCUT2D eigenvalue weighted by Crippen LogP contribution is -2.33. The van der Waals surface area contributed by atoms with Crippen molar-refractivity contribution in [3.05, 3.63) is 109 Å². The normalized spacial score (nSPS) is 19.1. The van der Waals surface area contributed by atoms with Crippen molar-refractivity contribution >= 4 is 74.1 Å². The van der Waals surface area contributed by atoms with E-state index in [1.54, 1.807) is 43.3 Å². The fourth-order valence-electron chi connectivity index (χ4n) is 5.37. The molecule has 2 aliphatic rings. The third-order valence-electron chi connectivity index (χ3n) is 7.27. The number of nitrogens with one attached hydrogen (secondary N) is 1. The number of amides is 3. The summed E-state index contributed by atoms with van der Waals surface area (Å²) in [5.41, 5.74) is 2.04. The molecule has 3 amide bonds. The number of aromatic nitrogens is 1. The van der Waals surface area contributed by atoms with Crippen LogP contribution in [0.15, 0.2) is 93.2 Å². The van der Waals surface area contributed by atoms with Gasteiger partial charge in [0, 0.05) is 21.0 Å². The minimum atomic E-state index is -0.823. The van der Waals surface area contributed by atoms with Gasteiger partial charge in [-0.2, -0.15) is 0 Å². The summed E-state index contributed by atoms with van der Waals surface area (Å²) in [7, 11) is 0. The van der Waals surface area contributed by atoms with Gasteiger partial charge in [-0.25, -0.2) is 9.69 Å². The fourth-order valence-corrected chi connectivity index (χ4v) is 8.40. The van der Waals surface area contributed by atoms with E-state index in [1.807, 2.05) is 30.3 Å². The third-order valence-corrected chi connectivity index (χ3v) is 10.4. The number of hydrogen-bond donors (Lipinski definition) is 1. The number of fused-ring (bicyclic) bond motifs is 2. The number of esters is 1. The molecule has 2 aliphatic heterocycles. The van der Waals surface area contributed by atoms with Gasteiger partial charge in [0.05, 0.1) is 28.8 Å². The Morgan fingerprint density at radius 1 is 0.930 bits per heavy atom. The topological polar surface area (TPSA) is 115 Å². The van der Waals surface area contributed by atoms with Crippen molar-refractivity contribution in [1.82, 2.24) is 4.57 Å². The minimum Gasteiger partial charge on any atom is -0.462 e. The standard InChI is InChI=1S/C31H24BrN3O6S2/c1-2-41-30(39)18-10-14-21(15-11-18)35-27(37)24-23(17-8-12-19(32)13-9-17)26-29(42-25(24)28(35)38)34(31(40)43-26)16-22(36)33-20-6-4-3-5-7-20/h3-15,23-25H,2,16H2,1H3,(H,33,36). The molecule has 0 aliphatic carbocycles. The molecule has 1 fully saturated rings. The first-order chi connectivity index (χ1) is 20.8. The quantitative estimate of drug-likeness (QED) is 0.209. The monoisotopic (exact) mass is 677 g/mol. The van der Waals surface area contributed by atoms with E-state index >= 15 is 0 Å². The zero-order chi connectivity index (χ0) is 30.2. The van der Waals surface area contributed by atoms with E-state index in [9.17, 15) is 24.0 Å². The van der Waals surface area contributed by atoms with Crippen molar-refractivity contribution in [1.29, 1.82) is 0 Å². The highest BCUT2D eigenvalue weighted by molar-refractivity contribution is 9.10. The molecule has 0 radical (unpaired) electrons. The van der Waals surface area contributed by atoms with Crippen LogP contribution in [0.5, 0.6) is 0 Å². The van der Waals surface area contributed by atoms with E-state index in [0.717, 1.165) is 38.0 Å². The van der Waals surface area contributed by atoms with Crippen LogP contribution in [-0.2, 0) is 25.7 Å². The zero-order valence-corrected chi connectivity index (χ0v) is 25.9. The average molecular weight is 679 g/mol. The number of carbonyl (C=O) groups is 4. The van der Waals surface area contributed by atoms with Gasteiger partial charge in [0.2, 0.25) is 17.7 Å². The summed E-state index contributed by atoms with van der Waals surface area (Å²) >= 11 is 5.59. The molecule has 6 rings (SSSR count). The van der Waals surface area contributed by atoms with E-state index in [1.165, 1.54) is 16.7 Å². The number of hydrogen-bond acceptors (Lipinski definition) is 8. The molecule has 1 aromatic heterocycles. The summed E-state index contributed by atoms with van der Waals surface area (Å²) < 4.78 is 7.28. The number of thiazole rings is 1. The Morgan fingerprint density at radius 2 is 1.63 bits per heavy atom. The smallest absolute Gasteiger partial charge is 0.338 e. The number of halogens is 1. The van der Waals surface area contributed by atoms with Crippen LogP contribution in [0.4, 0.5) is 11.4 Å². The largest absolute Gasteiger partial charge is 0.462 e. The lowest BCUT2D eigenvalue weighted by Gasteiger charge is -2.30. The van der Waals surface area contributed by atoms with Crippen molar-refractivity contribution in [2.45, 2.75) is 29.7 Å². The molecule has 1 N–H and O–H groups in total. The van der Waals surface area contributed by atoms with Gasteiger partial charge >= 0.3 is 10.8 Å². The van der Waals surface area contributed by atoms with Crippen LogP contribution in [0.1, 0.15) is 33.6 Å². The van der Waals surface area contributed by atoms with Crippen molar-refractivity contribution < 1.29 is 23.9 Å². The van der Waals surface area contributed by atoms with Crippen LogP contribution in [0.3, 0.4) is 0 Å². The van der Waals surface area contributed by atoms with Crippen LogP contribution in [0, 0.1) is 5.92 Å². The van der Waals surface area contributed by atoms with Gasteiger partial charge in [-0.15, -0.1) is 0 Å². The van der Waals surface area contributed by atoms with Gasteiger partial charge in [-0.3, -0.25) is 23.7 Å². The Balaban J connectivity index is 1.38. The van der Waals surface area contributed by atoms with Gasteiger partial charge in [-0.1, -0.05) is 69.4 Å². The number of ether oxygens (including phenoxy) is 1. The maximum absolute atomic E-state index is 14.1. The molecule has 3 heterocycles. The molecule has 218 valence electrons. The highest BCUT2D eigenvalue weighted by atomic mass is 79.9. The van der Waals surface area contributed by atoms with Gasteiger partial charge in [-0.05, 0) is 61.0 Å². The van der Waals surface area contributed by atoms with Crippen LogP contribution < -0.4 is 15.1 Å². The molecular formula is C31H24BrN3O6S2. The first kappa shape index (κ1) is 29.1. The van der Waals surface area contributed by atoms with Crippen LogP contribution in [0.25, 0.3) is 0 Å². The first-order valence-corrected chi connectivity index (χ1v) is 15.9. The van der Waals surface area contributed by atoms with Gasteiger partial charge in [0.1, 0.15) is 11.8 Å². The highest BCUT2D eigenvalue weighted by Crippen LogP contribution is 2.54. The Morgan fingerprint density at radius 3 is 2.30 bits per heavy atom. The zero-order valence-electron chi connectivity index (χ0n) is 22.7. The Labute approximate surface area is 263 Å². The number of anilines is 2. The summed E-state index contributed by atoms with van der Waals surface area (Å²) in [6.45, 7) is 1.70. The molecule has 0 spiro atoms. The highest BCUT2D eigenvalue weighted by Gasteiger charge is 2.56. The van der Waals surface area contributed by atoms with E-state index in [4.69, 9.17) is 4.74 Å². The molecule has 4 aromatic rings. The van der Waals surface area contributed by atoms with E-state index in [2.05, 4.69) is 21.2 Å². The van der Waals surface area contributed by atoms with Crippen molar-refractivity contribution in [2.75, 3.05) is 16.8 Å². The molecule has 3 atom stereocenters. The molecule has 0 bridgehead atoms. The van der Waals surface area contributed by atoms with Crippen LogP contribution >= 0.6 is 39.0 Å². The second kappa shape index (κ2) is 11.9. The predicted octanol–water partition coefficient (Wildman–Crippen LogP) is 5.28. The average Bonchev–Trinajstić information content (AvgIpc) is 3.44. The summed E-state index contributed by atoms with van der Waals surface area (Å²) in [6, 6.07) is 22.5. The molecule has 3 unspecified atom stereocenters. The van der Waals surface area contributed by atoms with Crippen LogP contribution in [-0.4, -0.2) is 40.1 Å². The molecule has 1 saturated heterocycles. The number of rotatable bonds is 7. The second-order valence-corrected chi connectivity index (χ2v) is 12.9. The van der Waals surface area contributed by atoms with Crippen molar-refractivity contribution in [2.24, 2.45) is 5.92 Å². The Kier molecular flexibility index (Phi) is 8.08. The Hall–Kier alpha value is -4.00. The summed E-state index contributed by atoms with van der Waals surface area (Å²) in [5, 5.41) is 2.49. The van der Waals surface area contributed by atoms with Gasteiger partial charge in [0.15, 0.2) is 0 Å². The second-order valence-electron chi connectivity index (χ2n) is 9.91. The molecule has 3 aromatic carbocycles. The number of benzene rings is 3. The van der Waals surface area contributed by atoms with Gasteiger partial charge < -0.3 is 10.1 Å². The molecule has 9 nitrogen and oxygen atoms in total. The predicted molar refractivity (Wildman–Crippen MR) is 168 cm³/mol. The molecule has 43 heavy (non-hydrogen) atoms. The number of carbonyl (C=O) groups excluding carboxylic acids is 4. The number of nitrogens with zero attached hydrogens (tertiary/aromatic N) is 2. The SMILES string of the molecule is CCOC(=O)c1ccc(N2C(=O)C3Sc4c(sc(=O)n4CC(=O)Nc4ccccc4)C(c4ccc(Br)cc4)C3C2=O)cc1. The number of thioether (sulfide) groups is 1. The number of imide groups is 1.